The zero-order valence-electron chi connectivity index (χ0n) is 5.39. The molecule has 1 rings (SSSR count). The van der Waals surface area contributed by atoms with E-state index < -0.39 is 0 Å². The molecular weight excluding hydrogens is 134 g/mol. The molecule has 0 spiro atoms. The lowest BCUT2D eigenvalue weighted by molar-refractivity contribution is 0.760. The second kappa shape index (κ2) is 2.92. The Balaban J connectivity index is 2.48. The first-order valence-electron chi connectivity index (χ1n) is 3.00. The van der Waals surface area contributed by atoms with Crippen molar-refractivity contribution in [2.24, 2.45) is 0 Å². The van der Waals surface area contributed by atoms with E-state index in [1.807, 2.05) is 13.1 Å². The van der Waals surface area contributed by atoms with Crippen LogP contribution >= 0.6 is 11.6 Å². The van der Waals surface area contributed by atoms with Gasteiger partial charge < -0.3 is 5.32 Å². The van der Waals surface area contributed by atoms with Gasteiger partial charge in [-0.05, 0) is 18.7 Å². The molecule has 1 aliphatic rings. The molecule has 1 nitrogen and oxygen atoms in total. The molecule has 0 amide bonds. The lowest BCUT2D eigenvalue weighted by Crippen LogP contribution is -2.25. The van der Waals surface area contributed by atoms with Gasteiger partial charge in [-0.2, -0.15) is 0 Å². The normalized spacial score (nSPS) is 25.1. The summed E-state index contributed by atoms with van der Waals surface area (Å²) in [7, 11) is 0. The van der Waals surface area contributed by atoms with Crippen molar-refractivity contribution in [1.82, 2.24) is 5.32 Å². The molecule has 2 heteroatoms. The van der Waals surface area contributed by atoms with Crippen LogP contribution in [0, 0.1) is 0 Å². The van der Waals surface area contributed by atoms with Crippen LogP contribution in [-0.2, 0) is 0 Å². The van der Waals surface area contributed by atoms with Crippen molar-refractivity contribution in [3.8, 4) is 0 Å². The minimum atomic E-state index is 0.329. The summed E-state index contributed by atoms with van der Waals surface area (Å²) in [4.78, 5) is 0. The second-order valence-electron chi connectivity index (χ2n) is 2.17. The summed E-state index contributed by atoms with van der Waals surface area (Å²) in [5.74, 6) is 0.639. The predicted octanol–water partition coefficient (Wildman–Crippen LogP) is 1.66. The van der Waals surface area contributed by atoms with Crippen molar-refractivity contribution >= 4 is 11.6 Å². The van der Waals surface area contributed by atoms with Crippen molar-refractivity contribution in [2.75, 3.05) is 5.88 Å². The molecule has 1 atom stereocenters. The maximum atomic E-state index is 5.59. The smallest absolute Gasteiger partial charge is 0.0577 e. The van der Waals surface area contributed by atoms with Crippen molar-refractivity contribution in [3.05, 3.63) is 23.9 Å². The molecule has 1 unspecified atom stereocenters. The molecule has 0 aromatic carbocycles. The number of rotatable bonds is 1. The molecule has 1 N–H and O–H groups in total. The van der Waals surface area contributed by atoms with E-state index in [-0.39, 0.29) is 0 Å². The maximum absolute atomic E-state index is 5.59. The van der Waals surface area contributed by atoms with Crippen LogP contribution < -0.4 is 5.32 Å². The fourth-order valence-corrected chi connectivity index (χ4v) is 0.898. The standard InChI is InChI=1S/C7H10ClN/c1-6-2-3-7(4-8)9-5-6/h2-3,5,7,9H,4H2,1H3. The van der Waals surface area contributed by atoms with E-state index >= 15 is 0 Å². The van der Waals surface area contributed by atoms with E-state index in [9.17, 15) is 0 Å². The van der Waals surface area contributed by atoms with Crippen LogP contribution in [0.5, 0.6) is 0 Å². The number of alkyl halides is 1. The summed E-state index contributed by atoms with van der Waals surface area (Å²) in [6.45, 7) is 2.05. The molecule has 1 aliphatic heterocycles. The van der Waals surface area contributed by atoms with E-state index in [0.29, 0.717) is 11.9 Å². The highest BCUT2D eigenvalue weighted by Crippen LogP contribution is 2.02. The van der Waals surface area contributed by atoms with E-state index in [0.717, 1.165) is 0 Å². The molecule has 9 heavy (non-hydrogen) atoms. The third kappa shape index (κ3) is 1.75. The number of nitrogens with one attached hydrogen (secondary N) is 1. The highest BCUT2D eigenvalue weighted by Gasteiger charge is 2.01. The van der Waals surface area contributed by atoms with Crippen molar-refractivity contribution < 1.29 is 0 Å². The van der Waals surface area contributed by atoms with Gasteiger partial charge in [0.15, 0.2) is 0 Å². The number of halogens is 1. The van der Waals surface area contributed by atoms with Crippen LogP contribution in [0.1, 0.15) is 6.92 Å². The Labute approximate surface area is 60.4 Å². The molecule has 0 aliphatic carbocycles. The third-order valence-electron chi connectivity index (χ3n) is 1.28. The summed E-state index contributed by atoms with van der Waals surface area (Å²) in [5.41, 5.74) is 1.25. The Morgan fingerprint density at radius 2 is 2.56 bits per heavy atom. The zero-order chi connectivity index (χ0) is 6.69. The molecule has 50 valence electrons. The first kappa shape index (κ1) is 6.69. The summed E-state index contributed by atoms with van der Waals surface area (Å²) in [6.07, 6.45) is 6.12. The fourth-order valence-electron chi connectivity index (χ4n) is 0.706. The monoisotopic (exact) mass is 143 g/mol. The van der Waals surface area contributed by atoms with Gasteiger partial charge in [0.2, 0.25) is 0 Å². The maximum Gasteiger partial charge on any atom is 0.0577 e. The molecule has 0 bridgehead atoms. The molecule has 0 fully saturated rings. The Kier molecular flexibility index (Phi) is 2.17. The molecular formula is C7H10ClN. The highest BCUT2D eigenvalue weighted by atomic mass is 35.5. The van der Waals surface area contributed by atoms with Crippen LogP contribution in [0.3, 0.4) is 0 Å². The Morgan fingerprint density at radius 1 is 1.78 bits per heavy atom. The van der Waals surface area contributed by atoms with Gasteiger partial charge >= 0.3 is 0 Å². The summed E-state index contributed by atoms with van der Waals surface area (Å²) in [6, 6.07) is 0.329. The van der Waals surface area contributed by atoms with E-state index in [1.165, 1.54) is 5.57 Å². The molecule has 0 saturated carbocycles. The van der Waals surface area contributed by atoms with Gasteiger partial charge in [-0.15, -0.1) is 11.6 Å². The third-order valence-corrected chi connectivity index (χ3v) is 1.62. The summed E-state index contributed by atoms with van der Waals surface area (Å²) < 4.78 is 0. The molecule has 0 aromatic heterocycles. The first-order chi connectivity index (χ1) is 4.33. The van der Waals surface area contributed by atoms with Crippen LogP contribution in [-0.4, -0.2) is 11.9 Å². The van der Waals surface area contributed by atoms with Crippen LogP contribution in [0.2, 0.25) is 0 Å². The van der Waals surface area contributed by atoms with Crippen molar-refractivity contribution in [1.29, 1.82) is 0 Å². The second-order valence-corrected chi connectivity index (χ2v) is 2.48. The van der Waals surface area contributed by atoms with Gasteiger partial charge in [-0.25, -0.2) is 0 Å². The number of hydrogen-bond acceptors (Lipinski definition) is 1. The number of allylic oxidation sites excluding steroid dienone is 2. The lowest BCUT2D eigenvalue weighted by Gasteiger charge is -2.13. The highest BCUT2D eigenvalue weighted by molar-refractivity contribution is 6.18. The molecule has 0 radical (unpaired) electrons. The van der Waals surface area contributed by atoms with E-state index in [4.69, 9.17) is 11.6 Å². The SMILES string of the molecule is CC1=CNC(CCl)C=C1. The van der Waals surface area contributed by atoms with E-state index in [1.54, 1.807) is 0 Å². The summed E-state index contributed by atoms with van der Waals surface area (Å²) >= 11 is 5.59. The van der Waals surface area contributed by atoms with E-state index in [2.05, 4.69) is 17.5 Å². The Morgan fingerprint density at radius 3 is 3.00 bits per heavy atom. The fraction of sp³-hybridized carbons (Fsp3) is 0.429. The zero-order valence-corrected chi connectivity index (χ0v) is 6.15. The number of dihydropyridines is 1. The Hall–Kier alpha value is -0.430. The Bertz CT molecular complexity index is 149. The van der Waals surface area contributed by atoms with Crippen LogP contribution in [0.4, 0.5) is 0 Å². The molecule has 1 heterocycles. The summed E-state index contributed by atoms with van der Waals surface area (Å²) in [5, 5.41) is 3.14. The van der Waals surface area contributed by atoms with Gasteiger partial charge in [-0.3, -0.25) is 0 Å². The largest absolute Gasteiger partial charge is 0.383 e. The molecule has 0 saturated heterocycles. The van der Waals surface area contributed by atoms with Crippen LogP contribution in [0.25, 0.3) is 0 Å². The van der Waals surface area contributed by atoms with Crippen molar-refractivity contribution in [3.63, 3.8) is 0 Å². The lowest BCUT2D eigenvalue weighted by atomic mass is 10.2. The molecule has 0 aromatic rings. The number of hydrogen-bond donors (Lipinski definition) is 1. The topological polar surface area (TPSA) is 12.0 Å². The van der Waals surface area contributed by atoms with Crippen molar-refractivity contribution in [2.45, 2.75) is 13.0 Å². The van der Waals surface area contributed by atoms with Gasteiger partial charge in [0.05, 0.1) is 6.04 Å². The quantitative estimate of drug-likeness (QED) is 0.551. The van der Waals surface area contributed by atoms with Gasteiger partial charge in [-0.1, -0.05) is 12.2 Å². The van der Waals surface area contributed by atoms with Gasteiger partial charge in [0, 0.05) is 5.88 Å². The first-order valence-corrected chi connectivity index (χ1v) is 3.53. The van der Waals surface area contributed by atoms with Gasteiger partial charge in [0.25, 0.3) is 0 Å². The van der Waals surface area contributed by atoms with Crippen LogP contribution in [0.15, 0.2) is 23.9 Å². The average Bonchev–Trinajstić information content (AvgIpc) is 1.90. The predicted molar refractivity (Wildman–Crippen MR) is 40.5 cm³/mol. The average molecular weight is 144 g/mol. The van der Waals surface area contributed by atoms with Gasteiger partial charge in [0.1, 0.15) is 0 Å². The minimum Gasteiger partial charge on any atom is -0.383 e. The minimum absolute atomic E-state index is 0.329.